The maximum atomic E-state index is 4.55. The fraction of sp³-hybridized carbons (Fsp3) is 0.800. The third-order valence-electron chi connectivity index (χ3n) is 3.53. The molecule has 0 aliphatic carbocycles. The van der Waals surface area contributed by atoms with Crippen LogP contribution in [-0.4, -0.2) is 24.6 Å². The molecular formula is C15H29N3S. The molecule has 110 valence electrons. The minimum Gasteiger partial charge on any atom is -0.348 e. The number of thiazole rings is 1. The average molecular weight is 283 g/mol. The quantitative estimate of drug-likeness (QED) is 0.861. The molecule has 0 saturated heterocycles. The SMILES string of the molecule is CC(C)CNCc1cnc(N(C)C(C)C(C)(C)C)s1. The molecular weight excluding hydrogens is 254 g/mol. The number of anilines is 1. The molecule has 1 atom stereocenters. The standard InChI is InChI=1S/C15H29N3S/c1-11(2)8-16-9-13-10-17-14(19-13)18(7)12(3)15(4,5)6/h10-12,16H,8-9H2,1-7H3. The number of nitrogens with one attached hydrogen (secondary N) is 1. The van der Waals surface area contributed by atoms with Crippen molar-refractivity contribution in [1.29, 1.82) is 0 Å². The van der Waals surface area contributed by atoms with Crippen molar-refractivity contribution in [3.05, 3.63) is 11.1 Å². The first kappa shape index (κ1) is 16.4. The summed E-state index contributed by atoms with van der Waals surface area (Å²) in [5.41, 5.74) is 0.260. The molecule has 0 saturated carbocycles. The second-order valence-electron chi connectivity index (χ2n) is 6.79. The highest BCUT2D eigenvalue weighted by Crippen LogP contribution is 2.29. The zero-order chi connectivity index (χ0) is 14.6. The second kappa shape index (κ2) is 6.71. The Morgan fingerprint density at radius 1 is 1.32 bits per heavy atom. The normalized spacial score (nSPS) is 13.9. The Balaban J connectivity index is 2.59. The van der Waals surface area contributed by atoms with E-state index in [-0.39, 0.29) is 5.41 Å². The predicted octanol–water partition coefficient (Wildman–Crippen LogP) is 3.76. The Morgan fingerprint density at radius 3 is 2.47 bits per heavy atom. The summed E-state index contributed by atoms with van der Waals surface area (Å²) in [7, 11) is 2.14. The van der Waals surface area contributed by atoms with E-state index < -0.39 is 0 Å². The zero-order valence-corrected chi connectivity index (χ0v) is 14.3. The molecule has 0 amide bonds. The van der Waals surface area contributed by atoms with Gasteiger partial charge in [-0.15, -0.1) is 11.3 Å². The largest absolute Gasteiger partial charge is 0.348 e. The molecule has 1 aromatic heterocycles. The zero-order valence-electron chi connectivity index (χ0n) is 13.4. The van der Waals surface area contributed by atoms with Crippen LogP contribution in [0.5, 0.6) is 0 Å². The molecule has 0 aliphatic heterocycles. The van der Waals surface area contributed by atoms with Crippen LogP contribution in [0.15, 0.2) is 6.20 Å². The van der Waals surface area contributed by atoms with Gasteiger partial charge in [-0.2, -0.15) is 0 Å². The van der Waals surface area contributed by atoms with Crippen LogP contribution in [0.4, 0.5) is 5.13 Å². The van der Waals surface area contributed by atoms with Crippen LogP contribution in [0.25, 0.3) is 0 Å². The topological polar surface area (TPSA) is 28.2 Å². The van der Waals surface area contributed by atoms with Crippen molar-refractivity contribution < 1.29 is 0 Å². The Kier molecular flexibility index (Phi) is 5.81. The molecule has 0 radical (unpaired) electrons. The van der Waals surface area contributed by atoms with Gasteiger partial charge in [0, 0.05) is 30.7 Å². The van der Waals surface area contributed by atoms with Gasteiger partial charge in [0.25, 0.3) is 0 Å². The van der Waals surface area contributed by atoms with Crippen molar-refractivity contribution in [1.82, 2.24) is 10.3 Å². The molecule has 1 heterocycles. The van der Waals surface area contributed by atoms with Crippen molar-refractivity contribution in [2.24, 2.45) is 11.3 Å². The summed E-state index contributed by atoms with van der Waals surface area (Å²) in [4.78, 5) is 8.15. The third kappa shape index (κ3) is 5.11. The minimum atomic E-state index is 0.260. The highest BCUT2D eigenvalue weighted by molar-refractivity contribution is 7.15. The smallest absolute Gasteiger partial charge is 0.185 e. The number of hydrogen-bond donors (Lipinski definition) is 1. The minimum absolute atomic E-state index is 0.260. The van der Waals surface area contributed by atoms with Crippen molar-refractivity contribution in [2.75, 3.05) is 18.5 Å². The molecule has 0 spiro atoms. The lowest BCUT2D eigenvalue weighted by molar-refractivity contribution is 0.329. The van der Waals surface area contributed by atoms with Gasteiger partial charge in [0.1, 0.15) is 0 Å². The molecule has 1 N–H and O–H groups in total. The first-order valence-corrected chi connectivity index (χ1v) is 7.91. The molecule has 0 fully saturated rings. The Labute approximate surface area is 122 Å². The number of rotatable bonds is 6. The highest BCUT2D eigenvalue weighted by Gasteiger charge is 2.25. The van der Waals surface area contributed by atoms with Gasteiger partial charge in [-0.1, -0.05) is 34.6 Å². The van der Waals surface area contributed by atoms with Gasteiger partial charge >= 0.3 is 0 Å². The second-order valence-corrected chi connectivity index (χ2v) is 7.88. The first-order chi connectivity index (χ1) is 8.71. The van der Waals surface area contributed by atoms with Gasteiger partial charge < -0.3 is 10.2 Å². The molecule has 0 aromatic carbocycles. The lowest BCUT2D eigenvalue weighted by Gasteiger charge is -2.35. The van der Waals surface area contributed by atoms with Crippen LogP contribution in [0, 0.1) is 11.3 Å². The van der Waals surface area contributed by atoms with Gasteiger partial charge in [0.2, 0.25) is 0 Å². The van der Waals surface area contributed by atoms with Gasteiger partial charge in [0.15, 0.2) is 5.13 Å². The molecule has 19 heavy (non-hydrogen) atoms. The van der Waals surface area contributed by atoms with Crippen LogP contribution in [0.3, 0.4) is 0 Å². The Bertz CT molecular complexity index is 379. The molecule has 4 heteroatoms. The van der Waals surface area contributed by atoms with Crippen LogP contribution < -0.4 is 10.2 Å². The number of nitrogens with zero attached hydrogens (tertiary/aromatic N) is 2. The van der Waals surface area contributed by atoms with E-state index in [4.69, 9.17) is 0 Å². The Hall–Kier alpha value is -0.610. The molecule has 0 aliphatic rings. The van der Waals surface area contributed by atoms with E-state index >= 15 is 0 Å². The van der Waals surface area contributed by atoms with E-state index in [1.54, 1.807) is 11.3 Å². The maximum Gasteiger partial charge on any atom is 0.185 e. The lowest BCUT2D eigenvalue weighted by Crippen LogP contribution is -2.39. The Morgan fingerprint density at radius 2 is 1.95 bits per heavy atom. The molecule has 1 rings (SSSR count). The highest BCUT2D eigenvalue weighted by atomic mass is 32.1. The van der Waals surface area contributed by atoms with E-state index in [1.807, 2.05) is 6.20 Å². The van der Waals surface area contributed by atoms with Gasteiger partial charge in [-0.3, -0.25) is 0 Å². The van der Waals surface area contributed by atoms with Crippen LogP contribution in [0.2, 0.25) is 0 Å². The van der Waals surface area contributed by atoms with E-state index in [0.717, 1.165) is 18.2 Å². The first-order valence-electron chi connectivity index (χ1n) is 7.10. The van der Waals surface area contributed by atoms with Crippen molar-refractivity contribution in [2.45, 2.75) is 54.1 Å². The number of aromatic nitrogens is 1. The summed E-state index contributed by atoms with van der Waals surface area (Å²) in [6.45, 7) is 15.5. The summed E-state index contributed by atoms with van der Waals surface area (Å²) < 4.78 is 0. The molecule has 1 unspecified atom stereocenters. The summed E-state index contributed by atoms with van der Waals surface area (Å²) in [6, 6.07) is 0.468. The van der Waals surface area contributed by atoms with Gasteiger partial charge in [-0.25, -0.2) is 4.98 Å². The van der Waals surface area contributed by atoms with E-state index in [2.05, 4.69) is 63.8 Å². The summed E-state index contributed by atoms with van der Waals surface area (Å²) in [5.74, 6) is 0.691. The van der Waals surface area contributed by atoms with Crippen LogP contribution in [-0.2, 0) is 6.54 Å². The molecule has 3 nitrogen and oxygen atoms in total. The predicted molar refractivity (Wildman–Crippen MR) is 86.0 cm³/mol. The van der Waals surface area contributed by atoms with E-state index in [1.165, 1.54) is 4.88 Å². The maximum absolute atomic E-state index is 4.55. The van der Waals surface area contributed by atoms with Gasteiger partial charge in [0.05, 0.1) is 0 Å². The fourth-order valence-electron chi connectivity index (χ4n) is 1.77. The van der Waals surface area contributed by atoms with Crippen molar-refractivity contribution in [3.63, 3.8) is 0 Å². The average Bonchev–Trinajstić information content (AvgIpc) is 2.74. The summed E-state index contributed by atoms with van der Waals surface area (Å²) in [5, 5.41) is 4.58. The lowest BCUT2D eigenvalue weighted by atomic mass is 9.87. The van der Waals surface area contributed by atoms with Crippen molar-refractivity contribution >= 4 is 16.5 Å². The molecule has 1 aromatic rings. The monoisotopic (exact) mass is 283 g/mol. The van der Waals surface area contributed by atoms with E-state index in [0.29, 0.717) is 12.0 Å². The molecule has 0 bridgehead atoms. The van der Waals surface area contributed by atoms with E-state index in [9.17, 15) is 0 Å². The van der Waals surface area contributed by atoms with Crippen molar-refractivity contribution in [3.8, 4) is 0 Å². The van der Waals surface area contributed by atoms with Gasteiger partial charge in [-0.05, 0) is 24.8 Å². The van der Waals surface area contributed by atoms with Crippen LogP contribution in [0.1, 0.15) is 46.4 Å². The summed E-state index contributed by atoms with van der Waals surface area (Å²) >= 11 is 1.79. The number of hydrogen-bond acceptors (Lipinski definition) is 4. The third-order valence-corrected chi connectivity index (χ3v) is 4.62. The summed E-state index contributed by atoms with van der Waals surface area (Å²) in [6.07, 6.45) is 2.00. The van der Waals surface area contributed by atoms with Crippen LogP contribution >= 0.6 is 11.3 Å². The fourth-order valence-corrected chi connectivity index (χ4v) is 2.69.